The number of hydrogen-bond acceptors (Lipinski definition) is 8. The average molecular weight is 440 g/mol. The molecule has 0 aliphatic heterocycles. The summed E-state index contributed by atoms with van der Waals surface area (Å²) in [5.74, 6) is 2.15. The normalized spacial score (nSPS) is 10.4. The van der Waals surface area contributed by atoms with Crippen molar-refractivity contribution in [3.63, 3.8) is 0 Å². The summed E-state index contributed by atoms with van der Waals surface area (Å²) in [4.78, 5) is 27.5. The van der Waals surface area contributed by atoms with E-state index in [1.165, 1.54) is 21.3 Å². The monoisotopic (exact) mass is 440 g/mol. The molecule has 2 aromatic carbocycles. The Morgan fingerprint density at radius 1 is 0.906 bits per heavy atom. The van der Waals surface area contributed by atoms with E-state index in [0.29, 0.717) is 34.2 Å². The first-order chi connectivity index (χ1) is 15.5. The van der Waals surface area contributed by atoms with Gasteiger partial charge in [-0.2, -0.15) is 0 Å². The van der Waals surface area contributed by atoms with Crippen LogP contribution in [0.15, 0.2) is 41.2 Å². The molecule has 32 heavy (non-hydrogen) atoms. The van der Waals surface area contributed by atoms with Gasteiger partial charge in [-0.1, -0.05) is 0 Å². The van der Waals surface area contributed by atoms with E-state index in [-0.39, 0.29) is 30.3 Å². The van der Waals surface area contributed by atoms with E-state index in [0.717, 1.165) is 0 Å². The van der Waals surface area contributed by atoms with Crippen LogP contribution in [0.1, 0.15) is 12.1 Å². The van der Waals surface area contributed by atoms with Gasteiger partial charge < -0.3 is 29.2 Å². The third kappa shape index (κ3) is 5.34. The lowest BCUT2D eigenvalue weighted by Gasteiger charge is -2.11. The van der Waals surface area contributed by atoms with Crippen molar-refractivity contribution >= 4 is 11.6 Å². The summed E-state index contributed by atoms with van der Waals surface area (Å²) in [5.41, 5.74) is 0.814. The molecule has 1 heterocycles. The molecule has 0 atom stereocenters. The number of rotatable bonds is 9. The molecule has 2 N–H and O–H groups in total. The van der Waals surface area contributed by atoms with Gasteiger partial charge in [0.05, 0.1) is 34.1 Å². The Kier molecular flexibility index (Phi) is 7.27. The molecule has 3 aromatic rings. The van der Waals surface area contributed by atoms with Gasteiger partial charge in [-0.15, -0.1) is 10.2 Å². The van der Waals surface area contributed by atoms with E-state index >= 15 is 0 Å². The number of aromatic nitrogens is 3. The Balaban J connectivity index is 1.69. The van der Waals surface area contributed by atoms with Crippen LogP contribution in [0.2, 0.25) is 0 Å². The summed E-state index contributed by atoms with van der Waals surface area (Å²) in [7, 11) is 6.10. The third-order valence-corrected chi connectivity index (χ3v) is 4.66. The number of ether oxygens (including phenoxy) is 4. The summed E-state index contributed by atoms with van der Waals surface area (Å²) < 4.78 is 20.9. The Bertz CT molecular complexity index is 1140. The van der Waals surface area contributed by atoms with Crippen LogP contribution in [0.4, 0.5) is 5.69 Å². The van der Waals surface area contributed by atoms with Crippen molar-refractivity contribution in [3.8, 4) is 34.4 Å². The summed E-state index contributed by atoms with van der Waals surface area (Å²) in [5, 5.41) is 10.8. The first kappa shape index (κ1) is 22.6. The second-order valence-electron chi connectivity index (χ2n) is 6.67. The number of carbonyl (C=O) groups excluding carboxylic acids is 1. The third-order valence-electron chi connectivity index (χ3n) is 4.66. The second kappa shape index (κ2) is 10.3. The summed E-state index contributed by atoms with van der Waals surface area (Å²) in [6, 6.07) is 10.2. The van der Waals surface area contributed by atoms with E-state index in [2.05, 4.69) is 20.5 Å². The number of anilines is 1. The highest BCUT2D eigenvalue weighted by Crippen LogP contribution is 2.29. The van der Waals surface area contributed by atoms with Crippen molar-refractivity contribution in [2.45, 2.75) is 12.8 Å². The lowest BCUT2D eigenvalue weighted by Crippen LogP contribution is -2.20. The predicted octanol–water partition coefficient (Wildman–Crippen LogP) is 2.44. The number of methoxy groups -OCH3 is 4. The topological polar surface area (TPSA) is 125 Å². The fourth-order valence-electron chi connectivity index (χ4n) is 2.94. The van der Waals surface area contributed by atoms with Crippen LogP contribution >= 0.6 is 0 Å². The molecule has 0 spiro atoms. The number of benzene rings is 2. The molecule has 0 unspecified atom stereocenters. The van der Waals surface area contributed by atoms with Crippen LogP contribution < -0.4 is 29.8 Å². The van der Waals surface area contributed by atoms with Crippen molar-refractivity contribution < 1.29 is 23.7 Å². The summed E-state index contributed by atoms with van der Waals surface area (Å²) >= 11 is 0. The number of amides is 1. The minimum absolute atomic E-state index is 0.0409. The molecule has 1 aromatic heterocycles. The quantitative estimate of drug-likeness (QED) is 0.520. The molecule has 3 rings (SSSR count). The molecule has 10 nitrogen and oxygen atoms in total. The first-order valence-electron chi connectivity index (χ1n) is 9.68. The molecule has 0 saturated heterocycles. The standard InChI is InChI=1S/C22H24N4O6/c1-29-14-5-6-17(19(12-14)32-4)23-20(27)8-7-18-22(28)24-21(26-25-18)13-9-15(30-2)11-16(10-13)31-3/h5-6,9-12H,7-8H2,1-4H3,(H,23,27)(H,24,26,28). The highest BCUT2D eigenvalue weighted by molar-refractivity contribution is 5.92. The molecule has 0 bridgehead atoms. The number of hydrogen-bond donors (Lipinski definition) is 2. The van der Waals surface area contributed by atoms with Crippen molar-refractivity contribution in [2.24, 2.45) is 0 Å². The van der Waals surface area contributed by atoms with Gasteiger partial charge in [-0.25, -0.2) is 0 Å². The Labute approximate surface area is 184 Å². The first-order valence-corrected chi connectivity index (χ1v) is 9.68. The van der Waals surface area contributed by atoms with Crippen LogP contribution in [-0.4, -0.2) is 49.5 Å². The molecule has 0 radical (unpaired) electrons. The smallest absolute Gasteiger partial charge is 0.273 e. The highest BCUT2D eigenvalue weighted by Gasteiger charge is 2.13. The van der Waals surface area contributed by atoms with Crippen LogP contribution in [0.5, 0.6) is 23.0 Å². The predicted molar refractivity (Wildman–Crippen MR) is 118 cm³/mol. The van der Waals surface area contributed by atoms with Crippen LogP contribution in [0, 0.1) is 0 Å². The molecule has 10 heteroatoms. The lowest BCUT2D eigenvalue weighted by molar-refractivity contribution is -0.116. The zero-order valence-corrected chi connectivity index (χ0v) is 18.2. The maximum Gasteiger partial charge on any atom is 0.273 e. The Morgan fingerprint density at radius 2 is 1.59 bits per heavy atom. The summed E-state index contributed by atoms with van der Waals surface area (Å²) in [6.07, 6.45) is 0.160. The van der Waals surface area contributed by atoms with Gasteiger partial charge in [0.1, 0.15) is 28.7 Å². The number of aryl methyl sites for hydroxylation is 1. The van der Waals surface area contributed by atoms with Crippen molar-refractivity contribution in [2.75, 3.05) is 33.8 Å². The van der Waals surface area contributed by atoms with E-state index in [4.69, 9.17) is 18.9 Å². The van der Waals surface area contributed by atoms with Gasteiger partial charge in [0.2, 0.25) is 5.91 Å². The van der Waals surface area contributed by atoms with Gasteiger partial charge in [-0.05, 0) is 24.3 Å². The molecular formula is C22H24N4O6. The van der Waals surface area contributed by atoms with Crippen LogP contribution in [0.25, 0.3) is 11.4 Å². The van der Waals surface area contributed by atoms with E-state index in [1.54, 1.807) is 43.5 Å². The number of aromatic amines is 1. The van der Waals surface area contributed by atoms with Gasteiger partial charge in [0.15, 0.2) is 5.82 Å². The average Bonchev–Trinajstić information content (AvgIpc) is 2.83. The second-order valence-corrected chi connectivity index (χ2v) is 6.67. The zero-order chi connectivity index (χ0) is 23.1. The molecule has 0 aliphatic rings. The molecule has 0 fully saturated rings. The van der Waals surface area contributed by atoms with Crippen molar-refractivity contribution in [1.29, 1.82) is 0 Å². The zero-order valence-electron chi connectivity index (χ0n) is 18.2. The van der Waals surface area contributed by atoms with Gasteiger partial charge >= 0.3 is 0 Å². The largest absolute Gasteiger partial charge is 0.497 e. The number of nitrogens with zero attached hydrogens (tertiary/aromatic N) is 2. The molecule has 168 valence electrons. The maximum absolute atomic E-state index is 12.5. The molecule has 0 aliphatic carbocycles. The SMILES string of the molecule is COc1cc(OC)cc(-c2nnc(CCC(=O)Nc3ccc(OC)cc3OC)c(=O)[nH]2)c1. The van der Waals surface area contributed by atoms with E-state index in [1.807, 2.05) is 0 Å². The number of carbonyl (C=O) groups is 1. The Hall–Kier alpha value is -4.08. The van der Waals surface area contributed by atoms with Crippen LogP contribution in [0.3, 0.4) is 0 Å². The lowest BCUT2D eigenvalue weighted by atomic mass is 10.2. The number of H-pyrrole nitrogens is 1. The van der Waals surface area contributed by atoms with Crippen molar-refractivity contribution in [1.82, 2.24) is 15.2 Å². The fourth-order valence-corrected chi connectivity index (χ4v) is 2.94. The molecule has 0 saturated carbocycles. The molecular weight excluding hydrogens is 416 g/mol. The van der Waals surface area contributed by atoms with E-state index < -0.39 is 5.56 Å². The van der Waals surface area contributed by atoms with Gasteiger partial charge in [-0.3, -0.25) is 9.59 Å². The fraction of sp³-hybridized carbons (Fsp3) is 0.273. The molecule has 1 amide bonds. The summed E-state index contributed by atoms with van der Waals surface area (Å²) in [6.45, 7) is 0. The van der Waals surface area contributed by atoms with Gasteiger partial charge in [0.25, 0.3) is 5.56 Å². The maximum atomic E-state index is 12.5. The minimum atomic E-state index is -0.424. The minimum Gasteiger partial charge on any atom is -0.497 e. The highest BCUT2D eigenvalue weighted by atomic mass is 16.5. The van der Waals surface area contributed by atoms with Crippen LogP contribution in [-0.2, 0) is 11.2 Å². The van der Waals surface area contributed by atoms with Crippen molar-refractivity contribution in [3.05, 3.63) is 52.4 Å². The van der Waals surface area contributed by atoms with Gasteiger partial charge in [0, 0.05) is 30.5 Å². The van der Waals surface area contributed by atoms with E-state index in [9.17, 15) is 9.59 Å². The number of nitrogens with one attached hydrogen (secondary N) is 2. The Morgan fingerprint density at radius 3 is 2.19 bits per heavy atom.